The largest absolute Gasteiger partial charge is 0.455 e. The highest BCUT2D eigenvalue weighted by atomic mass is 16.3. The van der Waals surface area contributed by atoms with E-state index in [4.69, 9.17) is 4.42 Å². The zero-order chi connectivity index (χ0) is 35.6. The van der Waals surface area contributed by atoms with Crippen LogP contribution in [0.15, 0.2) is 205 Å². The van der Waals surface area contributed by atoms with Gasteiger partial charge in [0.2, 0.25) is 0 Å². The van der Waals surface area contributed by atoms with E-state index in [0.717, 1.165) is 55.5 Å². The third kappa shape index (κ3) is 4.74. The van der Waals surface area contributed by atoms with Gasteiger partial charge in [0.05, 0.1) is 11.4 Å². The monoisotopic (exact) mass is 687 g/mol. The van der Waals surface area contributed by atoms with Crippen LogP contribution in [0.3, 0.4) is 0 Å². The first-order valence-electron chi connectivity index (χ1n) is 18.5. The molecule has 11 rings (SSSR count). The van der Waals surface area contributed by atoms with Crippen LogP contribution in [0.1, 0.15) is 0 Å². The van der Waals surface area contributed by atoms with Gasteiger partial charge in [0.25, 0.3) is 0 Å². The van der Waals surface area contributed by atoms with Gasteiger partial charge in [-0.05, 0) is 73.8 Å². The van der Waals surface area contributed by atoms with Crippen molar-refractivity contribution in [1.29, 1.82) is 0 Å². The number of anilines is 3. The normalized spacial score (nSPS) is 11.7. The lowest BCUT2D eigenvalue weighted by molar-refractivity contribution is 0.674. The molecule has 11 aromatic rings. The first-order chi connectivity index (χ1) is 26.8. The Hall–Kier alpha value is -7.16. The maximum Gasteiger partial charge on any atom is 0.143 e. The van der Waals surface area contributed by atoms with E-state index in [2.05, 4.69) is 205 Å². The van der Waals surface area contributed by atoms with Crippen molar-refractivity contribution in [3.05, 3.63) is 200 Å². The molecule has 0 unspecified atom stereocenters. The Morgan fingerprint density at radius 3 is 1.61 bits per heavy atom. The predicted molar refractivity (Wildman–Crippen MR) is 229 cm³/mol. The van der Waals surface area contributed by atoms with Crippen molar-refractivity contribution in [1.82, 2.24) is 0 Å². The molecule has 0 spiro atoms. The number of rotatable bonds is 5. The lowest BCUT2D eigenvalue weighted by Crippen LogP contribution is -2.11. The van der Waals surface area contributed by atoms with Crippen molar-refractivity contribution < 1.29 is 4.42 Å². The predicted octanol–water partition coefficient (Wildman–Crippen LogP) is 15.0. The summed E-state index contributed by atoms with van der Waals surface area (Å²) in [6.07, 6.45) is 0. The van der Waals surface area contributed by atoms with Crippen LogP contribution in [0.5, 0.6) is 0 Å². The van der Waals surface area contributed by atoms with Crippen LogP contribution in [-0.4, -0.2) is 0 Å². The van der Waals surface area contributed by atoms with Crippen LogP contribution < -0.4 is 4.90 Å². The SMILES string of the molecule is c1ccc(N(c2ccc(-c3cccc4c3ccc3ccccc34)cc2)c2cccc3ccccc23)c(-c2cccc3c2oc2c4ccccc4ccc32)c1. The Balaban J connectivity index is 1.12. The molecule has 0 atom stereocenters. The third-order valence-electron chi connectivity index (χ3n) is 11.1. The van der Waals surface area contributed by atoms with E-state index in [1.165, 1.54) is 48.8 Å². The number of para-hydroxylation sites is 2. The van der Waals surface area contributed by atoms with Crippen LogP contribution in [0.25, 0.3) is 87.3 Å². The van der Waals surface area contributed by atoms with Crippen LogP contribution in [0, 0.1) is 0 Å². The van der Waals surface area contributed by atoms with Crippen LogP contribution in [-0.2, 0) is 0 Å². The number of hydrogen-bond donors (Lipinski definition) is 0. The first kappa shape index (κ1) is 30.5. The highest BCUT2D eigenvalue weighted by Crippen LogP contribution is 2.47. The van der Waals surface area contributed by atoms with Crippen molar-refractivity contribution in [2.24, 2.45) is 0 Å². The minimum absolute atomic E-state index is 0.896. The number of benzene rings is 10. The standard InChI is InChI=1S/C52H33NO/c1-4-16-39-35(13-1)28-32-44-40(20-10-21-43(39)44)37-26-30-38(31-27-37)53(49-25-9-15-34-12-2-5-17-41(34)49)50-24-8-7-19-45(50)46-22-11-23-47-48-33-29-36-14-3-6-18-42(36)51(48)54-52(46)47/h1-33H. The molecule has 2 heteroatoms. The summed E-state index contributed by atoms with van der Waals surface area (Å²) >= 11 is 0. The van der Waals surface area contributed by atoms with Gasteiger partial charge in [-0.2, -0.15) is 0 Å². The first-order valence-corrected chi connectivity index (χ1v) is 18.5. The molecular formula is C52H33NO. The van der Waals surface area contributed by atoms with E-state index < -0.39 is 0 Å². The van der Waals surface area contributed by atoms with Crippen molar-refractivity contribution in [2.75, 3.05) is 4.90 Å². The summed E-state index contributed by atoms with van der Waals surface area (Å²) in [6, 6.07) is 72.2. The topological polar surface area (TPSA) is 16.4 Å². The molecular weight excluding hydrogens is 655 g/mol. The minimum Gasteiger partial charge on any atom is -0.455 e. The van der Waals surface area contributed by atoms with Crippen LogP contribution in [0.2, 0.25) is 0 Å². The molecule has 1 heterocycles. The maximum absolute atomic E-state index is 6.88. The molecule has 0 saturated heterocycles. The summed E-state index contributed by atoms with van der Waals surface area (Å²) in [4.78, 5) is 2.41. The summed E-state index contributed by atoms with van der Waals surface area (Å²) in [6.45, 7) is 0. The van der Waals surface area contributed by atoms with E-state index in [0.29, 0.717) is 0 Å². The quantitative estimate of drug-likeness (QED) is 0.168. The second kappa shape index (κ2) is 12.2. The molecule has 1 aromatic heterocycles. The number of fused-ring (bicyclic) bond motifs is 9. The fraction of sp³-hybridized carbons (Fsp3) is 0. The van der Waals surface area contributed by atoms with Gasteiger partial charge in [-0.3, -0.25) is 0 Å². The summed E-state index contributed by atoms with van der Waals surface area (Å²) in [5.74, 6) is 0. The molecule has 252 valence electrons. The zero-order valence-corrected chi connectivity index (χ0v) is 29.4. The van der Waals surface area contributed by atoms with Gasteiger partial charge in [-0.15, -0.1) is 0 Å². The van der Waals surface area contributed by atoms with Gasteiger partial charge < -0.3 is 9.32 Å². The van der Waals surface area contributed by atoms with E-state index in [1.807, 2.05) is 0 Å². The van der Waals surface area contributed by atoms with Crippen molar-refractivity contribution in [2.45, 2.75) is 0 Å². The molecule has 0 saturated carbocycles. The molecule has 0 aliphatic heterocycles. The highest BCUT2D eigenvalue weighted by Gasteiger charge is 2.22. The Labute approximate surface area is 312 Å². The number of hydrogen-bond acceptors (Lipinski definition) is 2. The van der Waals surface area contributed by atoms with Crippen molar-refractivity contribution in [3.63, 3.8) is 0 Å². The van der Waals surface area contributed by atoms with Gasteiger partial charge in [0, 0.05) is 38.4 Å². The average molecular weight is 688 g/mol. The van der Waals surface area contributed by atoms with Gasteiger partial charge >= 0.3 is 0 Å². The third-order valence-corrected chi connectivity index (χ3v) is 11.1. The molecule has 0 N–H and O–H groups in total. The van der Waals surface area contributed by atoms with Gasteiger partial charge in [-0.1, -0.05) is 170 Å². The highest BCUT2D eigenvalue weighted by molar-refractivity contribution is 6.18. The second-order valence-electron chi connectivity index (χ2n) is 14.0. The fourth-order valence-electron chi connectivity index (χ4n) is 8.53. The van der Waals surface area contributed by atoms with Gasteiger partial charge in [-0.25, -0.2) is 0 Å². The molecule has 0 aliphatic rings. The smallest absolute Gasteiger partial charge is 0.143 e. The van der Waals surface area contributed by atoms with Crippen LogP contribution in [0.4, 0.5) is 17.1 Å². The number of nitrogens with zero attached hydrogens (tertiary/aromatic N) is 1. The Bertz CT molecular complexity index is 3220. The fourth-order valence-corrected chi connectivity index (χ4v) is 8.53. The summed E-state index contributed by atoms with van der Waals surface area (Å²) in [7, 11) is 0. The minimum atomic E-state index is 0.896. The van der Waals surface area contributed by atoms with Gasteiger partial charge in [0.15, 0.2) is 0 Å². The van der Waals surface area contributed by atoms with E-state index in [-0.39, 0.29) is 0 Å². The van der Waals surface area contributed by atoms with Crippen molar-refractivity contribution in [3.8, 4) is 22.3 Å². The van der Waals surface area contributed by atoms with E-state index in [9.17, 15) is 0 Å². The molecule has 0 fully saturated rings. The van der Waals surface area contributed by atoms with E-state index in [1.54, 1.807) is 0 Å². The van der Waals surface area contributed by atoms with Crippen molar-refractivity contribution >= 4 is 82.1 Å². The summed E-state index contributed by atoms with van der Waals surface area (Å²) < 4.78 is 6.88. The zero-order valence-electron chi connectivity index (χ0n) is 29.4. The molecule has 0 amide bonds. The van der Waals surface area contributed by atoms with Gasteiger partial charge in [0.1, 0.15) is 11.2 Å². The summed E-state index contributed by atoms with van der Waals surface area (Å²) in [5.41, 5.74) is 9.68. The molecule has 0 aliphatic carbocycles. The Morgan fingerprint density at radius 2 is 0.796 bits per heavy atom. The summed E-state index contributed by atoms with van der Waals surface area (Å²) in [5, 5.41) is 12.0. The Morgan fingerprint density at radius 1 is 0.278 bits per heavy atom. The molecule has 0 bridgehead atoms. The lowest BCUT2D eigenvalue weighted by atomic mass is 9.94. The molecule has 2 nitrogen and oxygen atoms in total. The lowest BCUT2D eigenvalue weighted by Gasteiger charge is -2.29. The second-order valence-corrected chi connectivity index (χ2v) is 14.0. The maximum atomic E-state index is 6.88. The molecule has 54 heavy (non-hydrogen) atoms. The van der Waals surface area contributed by atoms with E-state index >= 15 is 0 Å². The number of furan rings is 1. The molecule has 0 radical (unpaired) electrons. The van der Waals surface area contributed by atoms with Crippen LogP contribution >= 0.6 is 0 Å². The average Bonchev–Trinajstić information content (AvgIpc) is 3.64. The Kier molecular flexibility index (Phi) is 6.90. The molecule has 10 aromatic carbocycles.